The summed E-state index contributed by atoms with van der Waals surface area (Å²) in [6, 6.07) is 16.4. The van der Waals surface area contributed by atoms with Gasteiger partial charge in [0.05, 0.1) is 5.69 Å². The molecule has 1 heterocycles. The van der Waals surface area contributed by atoms with Gasteiger partial charge in [-0.2, -0.15) is 0 Å². The molecule has 5 N–H and O–H groups in total. The summed E-state index contributed by atoms with van der Waals surface area (Å²) in [4.78, 5) is 47.7. The molecular weight excluding hydrogens is 580 g/mol. The van der Waals surface area contributed by atoms with Gasteiger partial charge in [0.15, 0.2) is 0 Å². The zero-order valence-electron chi connectivity index (χ0n) is 27.4. The Bertz CT molecular complexity index is 1540. The van der Waals surface area contributed by atoms with Gasteiger partial charge in [-0.3, -0.25) is 19.6 Å². The number of nitrogen functional groups attached to an aromatic ring is 1. The maximum Gasteiger partial charge on any atom is 0.407 e. The highest BCUT2D eigenvalue weighted by molar-refractivity contribution is 6.00. The molecule has 2 aromatic carbocycles. The van der Waals surface area contributed by atoms with Crippen molar-refractivity contribution >= 4 is 35.0 Å². The molecule has 1 fully saturated rings. The minimum absolute atomic E-state index is 0.139. The fraction of sp³-hybridized carbons (Fsp3) is 0.417. The summed E-state index contributed by atoms with van der Waals surface area (Å²) >= 11 is 0. The zero-order chi connectivity index (χ0) is 33.3. The van der Waals surface area contributed by atoms with Gasteiger partial charge in [-0.1, -0.05) is 36.4 Å². The molecule has 244 valence electrons. The summed E-state index contributed by atoms with van der Waals surface area (Å²) in [5.41, 5.74) is 11.1. The molecule has 10 heteroatoms. The summed E-state index contributed by atoms with van der Waals surface area (Å²) in [6.45, 7) is 7.93. The number of carbonyl (C=O) groups excluding carboxylic acids is 3. The highest BCUT2D eigenvalue weighted by atomic mass is 16.6. The minimum atomic E-state index is -0.799. The Kier molecular flexibility index (Phi) is 11.5. The molecule has 3 aromatic rings. The van der Waals surface area contributed by atoms with E-state index in [9.17, 15) is 14.4 Å². The van der Waals surface area contributed by atoms with Crippen LogP contribution in [0.5, 0.6) is 0 Å². The number of benzene rings is 2. The summed E-state index contributed by atoms with van der Waals surface area (Å²) < 4.78 is 5.34. The Labute approximate surface area is 271 Å². The molecule has 46 heavy (non-hydrogen) atoms. The van der Waals surface area contributed by atoms with Crippen LogP contribution in [0.1, 0.15) is 64.5 Å². The Morgan fingerprint density at radius 1 is 1.00 bits per heavy atom. The molecular formula is C36H46N6O4. The second-order valence-corrected chi connectivity index (χ2v) is 12.9. The number of aromatic nitrogens is 1. The lowest BCUT2D eigenvalue weighted by Gasteiger charge is -2.29. The summed E-state index contributed by atoms with van der Waals surface area (Å²) in [5.74, 6) is -0.383. The van der Waals surface area contributed by atoms with E-state index >= 15 is 0 Å². The van der Waals surface area contributed by atoms with Crippen LogP contribution in [0.2, 0.25) is 0 Å². The van der Waals surface area contributed by atoms with Crippen molar-refractivity contribution in [1.82, 2.24) is 15.6 Å². The maximum atomic E-state index is 13.7. The highest BCUT2D eigenvalue weighted by Crippen LogP contribution is 2.29. The molecule has 4 rings (SSSR count). The predicted octanol–water partition coefficient (Wildman–Crippen LogP) is 5.77. The third kappa shape index (κ3) is 10.2. The molecule has 0 spiro atoms. The Morgan fingerprint density at radius 2 is 1.72 bits per heavy atom. The number of nitrogens with one attached hydrogen (secondary N) is 3. The number of aliphatic imine (C=N–C) groups is 1. The fourth-order valence-electron chi connectivity index (χ4n) is 5.55. The number of amides is 3. The Hall–Kier alpha value is -4.73. The van der Waals surface area contributed by atoms with Crippen molar-refractivity contribution in [3.05, 3.63) is 78.1 Å². The van der Waals surface area contributed by atoms with E-state index in [2.05, 4.69) is 25.9 Å². The molecule has 0 saturated heterocycles. The fourth-order valence-corrected chi connectivity index (χ4v) is 5.55. The van der Waals surface area contributed by atoms with E-state index in [0.29, 0.717) is 37.2 Å². The van der Waals surface area contributed by atoms with E-state index in [1.807, 2.05) is 82.3 Å². The number of rotatable bonds is 10. The normalized spacial score (nSPS) is 17.5. The van der Waals surface area contributed by atoms with E-state index in [4.69, 9.17) is 10.5 Å². The van der Waals surface area contributed by atoms with Gasteiger partial charge >= 0.3 is 6.09 Å². The summed E-state index contributed by atoms with van der Waals surface area (Å²) in [7, 11) is 1.74. The zero-order valence-corrected chi connectivity index (χ0v) is 27.4. The molecule has 1 atom stereocenters. The molecule has 0 radical (unpaired) electrons. The van der Waals surface area contributed by atoms with Crippen LogP contribution in [0.4, 0.5) is 16.2 Å². The van der Waals surface area contributed by atoms with Crippen LogP contribution in [0, 0.1) is 11.8 Å². The number of hydrogen-bond acceptors (Lipinski definition) is 7. The molecule has 3 amide bonds. The van der Waals surface area contributed by atoms with Crippen molar-refractivity contribution in [2.24, 2.45) is 16.8 Å². The van der Waals surface area contributed by atoms with Crippen molar-refractivity contribution in [1.29, 1.82) is 0 Å². The van der Waals surface area contributed by atoms with Crippen LogP contribution in [0.3, 0.4) is 0 Å². The number of pyridine rings is 1. The first-order valence-corrected chi connectivity index (χ1v) is 15.8. The lowest BCUT2D eigenvalue weighted by atomic mass is 9.81. The van der Waals surface area contributed by atoms with Gasteiger partial charge in [0.1, 0.15) is 11.6 Å². The number of carbonyl (C=O) groups is 3. The van der Waals surface area contributed by atoms with E-state index in [-0.39, 0.29) is 23.7 Å². The number of nitrogens with zero attached hydrogens (tertiary/aromatic N) is 2. The van der Waals surface area contributed by atoms with Gasteiger partial charge in [0.2, 0.25) is 11.8 Å². The monoisotopic (exact) mass is 626 g/mol. The summed E-state index contributed by atoms with van der Waals surface area (Å²) in [5, 5.41) is 8.90. The average molecular weight is 627 g/mol. The van der Waals surface area contributed by atoms with Gasteiger partial charge in [-0.15, -0.1) is 0 Å². The first-order valence-electron chi connectivity index (χ1n) is 15.8. The summed E-state index contributed by atoms with van der Waals surface area (Å²) in [6.07, 6.45) is 6.17. The van der Waals surface area contributed by atoms with Crippen molar-refractivity contribution in [2.75, 3.05) is 24.6 Å². The smallest absolute Gasteiger partial charge is 0.407 e. The molecule has 1 aliphatic rings. The lowest BCUT2D eigenvalue weighted by molar-refractivity contribution is -0.130. The van der Waals surface area contributed by atoms with Crippen LogP contribution in [0.15, 0.2) is 72.0 Å². The third-order valence-electron chi connectivity index (χ3n) is 8.15. The van der Waals surface area contributed by atoms with Crippen molar-refractivity contribution in [2.45, 2.75) is 71.4 Å². The molecule has 0 aliphatic heterocycles. The van der Waals surface area contributed by atoms with Crippen LogP contribution >= 0.6 is 0 Å². The molecule has 1 unspecified atom stereocenters. The second kappa shape index (κ2) is 15.5. The van der Waals surface area contributed by atoms with Crippen LogP contribution in [-0.4, -0.2) is 53.8 Å². The Balaban J connectivity index is 1.44. The molecule has 1 saturated carbocycles. The predicted molar refractivity (Wildman–Crippen MR) is 183 cm³/mol. The largest absolute Gasteiger partial charge is 0.444 e. The number of nitrogens with two attached hydrogens (primary N) is 1. The lowest BCUT2D eigenvalue weighted by Crippen LogP contribution is -2.48. The molecule has 0 bridgehead atoms. The number of alkyl carbamates (subject to hydrolysis) is 1. The SMILES string of the molecule is CN=C(C)c1ccc(NC(=O)C(Cc2cccc(-c3cncc(N)c3)c2)NC(=O)C2CCC(CNC(=O)OC(C)(C)C)CC2)cc1. The van der Waals surface area contributed by atoms with E-state index in [0.717, 1.165) is 40.8 Å². The van der Waals surface area contributed by atoms with Gasteiger partial charge < -0.3 is 26.4 Å². The Morgan fingerprint density at radius 3 is 2.37 bits per heavy atom. The average Bonchev–Trinajstić information content (AvgIpc) is 3.03. The first-order chi connectivity index (χ1) is 21.9. The third-order valence-corrected chi connectivity index (χ3v) is 8.15. The standard InChI is InChI=1S/C36H46N6O4/c1-23(38-5)26-13-15-31(16-14-26)41-34(44)32(18-25-7-6-8-28(17-25)29-19-30(37)22-39-21-29)42-33(43)27-11-9-24(10-12-27)20-40-35(45)46-36(2,3)4/h6-8,13-17,19,21-22,24,27,32H,9-12,18,20,37H2,1-5H3,(H,40,45)(H,41,44)(H,42,43). The number of hydrogen-bond donors (Lipinski definition) is 4. The van der Waals surface area contributed by atoms with E-state index in [1.165, 1.54) is 0 Å². The van der Waals surface area contributed by atoms with Gasteiger partial charge in [0.25, 0.3) is 0 Å². The van der Waals surface area contributed by atoms with E-state index in [1.54, 1.807) is 19.4 Å². The van der Waals surface area contributed by atoms with Crippen molar-refractivity contribution < 1.29 is 19.1 Å². The molecule has 1 aromatic heterocycles. The second-order valence-electron chi connectivity index (χ2n) is 12.9. The van der Waals surface area contributed by atoms with Crippen LogP contribution < -0.4 is 21.7 Å². The molecule has 10 nitrogen and oxygen atoms in total. The van der Waals surface area contributed by atoms with Crippen molar-refractivity contribution in [3.8, 4) is 11.1 Å². The topological polar surface area (TPSA) is 148 Å². The van der Waals surface area contributed by atoms with E-state index < -0.39 is 17.7 Å². The maximum absolute atomic E-state index is 13.7. The number of anilines is 2. The van der Waals surface area contributed by atoms with Gasteiger partial charge in [0, 0.05) is 55.3 Å². The van der Waals surface area contributed by atoms with Gasteiger partial charge in [-0.25, -0.2) is 4.79 Å². The van der Waals surface area contributed by atoms with Crippen LogP contribution in [-0.2, 0) is 20.7 Å². The van der Waals surface area contributed by atoms with Crippen molar-refractivity contribution in [3.63, 3.8) is 0 Å². The highest BCUT2D eigenvalue weighted by Gasteiger charge is 2.30. The molecule has 1 aliphatic carbocycles. The quantitative estimate of drug-likeness (QED) is 0.210. The van der Waals surface area contributed by atoms with Crippen LogP contribution in [0.25, 0.3) is 11.1 Å². The number of ether oxygens (including phenoxy) is 1. The van der Waals surface area contributed by atoms with Gasteiger partial charge in [-0.05, 0) is 94.2 Å². The first kappa shape index (κ1) is 34.1. The minimum Gasteiger partial charge on any atom is -0.444 e.